The van der Waals surface area contributed by atoms with Crippen LogP contribution in [0, 0.1) is 20.8 Å². The zero-order chi connectivity index (χ0) is 13.8. The van der Waals surface area contributed by atoms with E-state index in [1.165, 1.54) is 16.7 Å². The second-order valence-electron chi connectivity index (χ2n) is 4.72. The van der Waals surface area contributed by atoms with Crippen molar-refractivity contribution in [2.24, 2.45) is 0 Å². The summed E-state index contributed by atoms with van der Waals surface area (Å²) in [4.78, 5) is 4.32. The van der Waals surface area contributed by atoms with Crippen LogP contribution in [-0.4, -0.2) is 28.0 Å². The lowest BCUT2D eigenvalue weighted by molar-refractivity contribution is 0.656. The van der Waals surface area contributed by atoms with Crippen LogP contribution in [0.4, 0.5) is 0 Å². The zero-order valence-corrected chi connectivity index (χ0v) is 12.6. The SMILES string of the molecule is CNC(CSc1n[nH]c(C)n1)c1cc(C)ccc1C. The molecule has 0 saturated heterocycles. The average Bonchev–Trinajstić information content (AvgIpc) is 2.80. The van der Waals surface area contributed by atoms with Crippen molar-refractivity contribution in [1.82, 2.24) is 20.5 Å². The molecule has 0 saturated carbocycles. The molecule has 4 nitrogen and oxygen atoms in total. The minimum Gasteiger partial charge on any atom is -0.312 e. The van der Waals surface area contributed by atoms with Crippen LogP contribution < -0.4 is 5.32 Å². The van der Waals surface area contributed by atoms with Gasteiger partial charge in [0.25, 0.3) is 0 Å². The summed E-state index contributed by atoms with van der Waals surface area (Å²) in [7, 11) is 2.00. The predicted molar refractivity (Wildman–Crippen MR) is 79.6 cm³/mol. The smallest absolute Gasteiger partial charge is 0.208 e. The largest absolute Gasteiger partial charge is 0.312 e. The number of thioether (sulfide) groups is 1. The highest BCUT2D eigenvalue weighted by atomic mass is 32.2. The molecular formula is C14H20N4S. The quantitative estimate of drug-likeness (QED) is 0.825. The molecule has 0 radical (unpaired) electrons. The first-order valence-electron chi connectivity index (χ1n) is 6.36. The van der Waals surface area contributed by atoms with Gasteiger partial charge in [0.2, 0.25) is 5.16 Å². The molecule has 1 atom stereocenters. The molecule has 2 N–H and O–H groups in total. The molecule has 0 spiro atoms. The van der Waals surface area contributed by atoms with Gasteiger partial charge in [0, 0.05) is 11.8 Å². The fourth-order valence-corrected chi connectivity index (χ4v) is 2.98. The van der Waals surface area contributed by atoms with E-state index in [0.29, 0.717) is 6.04 Å². The lowest BCUT2D eigenvalue weighted by Crippen LogP contribution is -2.20. The second kappa shape index (κ2) is 6.21. The lowest BCUT2D eigenvalue weighted by Gasteiger charge is -2.18. The summed E-state index contributed by atoms with van der Waals surface area (Å²) in [6, 6.07) is 6.89. The highest BCUT2D eigenvalue weighted by molar-refractivity contribution is 7.99. The van der Waals surface area contributed by atoms with Crippen LogP contribution in [0.15, 0.2) is 23.4 Å². The number of nitrogens with zero attached hydrogens (tertiary/aromatic N) is 2. The fraction of sp³-hybridized carbons (Fsp3) is 0.429. The standard InChI is InChI=1S/C14H20N4S/c1-9-5-6-10(2)12(7-9)13(15-4)8-19-14-16-11(3)17-18-14/h5-7,13,15H,8H2,1-4H3,(H,16,17,18). The van der Waals surface area contributed by atoms with E-state index in [1.54, 1.807) is 11.8 Å². The molecule has 0 aliphatic heterocycles. The maximum atomic E-state index is 4.32. The van der Waals surface area contributed by atoms with Crippen LogP contribution in [-0.2, 0) is 0 Å². The normalized spacial score (nSPS) is 12.6. The third-order valence-corrected chi connectivity index (χ3v) is 4.06. The van der Waals surface area contributed by atoms with E-state index in [9.17, 15) is 0 Å². The molecular weight excluding hydrogens is 256 g/mol. The van der Waals surface area contributed by atoms with E-state index >= 15 is 0 Å². The van der Waals surface area contributed by atoms with E-state index in [4.69, 9.17) is 0 Å². The Balaban J connectivity index is 2.09. The highest BCUT2D eigenvalue weighted by Gasteiger charge is 2.13. The van der Waals surface area contributed by atoms with Gasteiger partial charge in [-0.05, 0) is 38.9 Å². The maximum Gasteiger partial charge on any atom is 0.208 e. The van der Waals surface area contributed by atoms with Crippen molar-refractivity contribution in [3.8, 4) is 0 Å². The zero-order valence-electron chi connectivity index (χ0n) is 11.8. The average molecular weight is 276 g/mol. The Hall–Kier alpha value is -1.33. The van der Waals surface area contributed by atoms with Gasteiger partial charge in [0.05, 0.1) is 0 Å². The van der Waals surface area contributed by atoms with Gasteiger partial charge >= 0.3 is 0 Å². The van der Waals surface area contributed by atoms with Gasteiger partial charge in [-0.1, -0.05) is 35.5 Å². The second-order valence-corrected chi connectivity index (χ2v) is 5.70. The van der Waals surface area contributed by atoms with Crippen molar-refractivity contribution < 1.29 is 0 Å². The molecule has 0 aliphatic rings. The highest BCUT2D eigenvalue weighted by Crippen LogP contribution is 2.25. The van der Waals surface area contributed by atoms with Crippen LogP contribution in [0.3, 0.4) is 0 Å². The Morgan fingerprint density at radius 3 is 2.74 bits per heavy atom. The summed E-state index contributed by atoms with van der Waals surface area (Å²) in [5, 5.41) is 11.2. The Kier molecular flexibility index (Phi) is 4.61. The predicted octanol–water partition coefficient (Wildman–Crippen LogP) is 2.78. The van der Waals surface area contributed by atoms with Crippen LogP contribution in [0.2, 0.25) is 0 Å². The molecule has 0 amide bonds. The number of benzene rings is 1. The van der Waals surface area contributed by atoms with Crippen molar-refractivity contribution in [2.45, 2.75) is 32.0 Å². The van der Waals surface area contributed by atoms with Crippen molar-refractivity contribution in [2.75, 3.05) is 12.8 Å². The monoisotopic (exact) mass is 276 g/mol. The van der Waals surface area contributed by atoms with Gasteiger partial charge in [0.1, 0.15) is 5.82 Å². The van der Waals surface area contributed by atoms with Crippen molar-refractivity contribution in [3.63, 3.8) is 0 Å². The van der Waals surface area contributed by atoms with Crippen LogP contribution in [0.1, 0.15) is 28.6 Å². The first-order chi connectivity index (χ1) is 9.10. The van der Waals surface area contributed by atoms with Crippen LogP contribution in [0.25, 0.3) is 0 Å². The van der Waals surface area contributed by atoms with Gasteiger partial charge in [-0.2, -0.15) is 0 Å². The molecule has 1 heterocycles. The third-order valence-electron chi connectivity index (χ3n) is 3.11. The molecule has 2 rings (SSSR count). The van der Waals surface area contributed by atoms with Gasteiger partial charge in [-0.25, -0.2) is 4.98 Å². The fourth-order valence-electron chi connectivity index (χ4n) is 2.01. The molecule has 1 aromatic heterocycles. The number of nitrogens with one attached hydrogen (secondary N) is 2. The molecule has 2 aromatic rings. The first-order valence-corrected chi connectivity index (χ1v) is 7.35. The van der Waals surface area contributed by atoms with E-state index in [0.717, 1.165) is 16.7 Å². The number of H-pyrrole nitrogens is 1. The molecule has 19 heavy (non-hydrogen) atoms. The third kappa shape index (κ3) is 3.58. The molecule has 0 aliphatic carbocycles. The summed E-state index contributed by atoms with van der Waals surface area (Å²) in [6.45, 7) is 6.19. The van der Waals surface area contributed by atoms with Crippen molar-refractivity contribution in [1.29, 1.82) is 0 Å². The number of aromatic amines is 1. The van der Waals surface area contributed by atoms with Gasteiger partial charge in [-0.15, -0.1) is 5.10 Å². The number of hydrogen-bond donors (Lipinski definition) is 2. The Morgan fingerprint density at radius 2 is 2.11 bits per heavy atom. The van der Waals surface area contributed by atoms with E-state index < -0.39 is 0 Å². The number of hydrogen-bond acceptors (Lipinski definition) is 4. The Labute approximate surface area is 118 Å². The maximum absolute atomic E-state index is 4.32. The molecule has 5 heteroatoms. The number of aryl methyl sites for hydroxylation is 3. The summed E-state index contributed by atoms with van der Waals surface area (Å²) >= 11 is 1.67. The van der Waals surface area contributed by atoms with Crippen LogP contribution in [0.5, 0.6) is 0 Å². The van der Waals surface area contributed by atoms with Gasteiger partial charge in [0.15, 0.2) is 0 Å². The minimum atomic E-state index is 0.309. The number of aromatic nitrogens is 3. The first kappa shape index (κ1) is 14.1. The number of rotatable bonds is 5. The minimum absolute atomic E-state index is 0.309. The molecule has 102 valence electrons. The summed E-state index contributed by atoms with van der Waals surface area (Å²) < 4.78 is 0. The van der Waals surface area contributed by atoms with Gasteiger partial charge < -0.3 is 5.32 Å². The lowest BCUT2D eigenvalue weighted by atomic mass is 10.0. The van der Waals surface area contributed by atoms with Gasteiger partial charge in [-0.3, -0.25) is 5.10 Å². The van der Waals surface area contributed by atoms with E-state index in [1.807, 2.05) is 14.0 Å². The molecule has 1 unspecified atom stereocenters. The van der Waals surface area contributed by atoms with E-state index in [2.05, 4.69) is 52.5 Å². The van der Waals surface area contributed by atoms with Crippen molar-refractivity contribution in [3.05, 3.63) is 40.7 Å². The summed E-state index contributed by atoms with van der Waals surface area (Å²) in [5.74, 6) is 1.77. The van der Waals surface area contributed by atoms with E-state index in [-0.39, 0.29) is 0 Å². The summed E-state index contributed by atoms with van der Waals surface area (Å²) in [6.07, 6.45) is 0. The molecule has 0 fully saturated rings. The van der Waals surface area contributed by atoms with Crippen molar-refractivity contribution >= 4 is 11.8 Å². The molecule has 1 aromatic carbocycles. The molecule has 0 bridgehead atoms. The topological polar surface area (TPSA) is 53.6 Å². The van der Waals surface area contributed by atoms with Crippen LogP contribution >= 0.6 is 11.8 Å². The Bertz CT molecular complexity index is 550. The Morgan fingerprint density at radius 1 is 1.32 bits per heavy atom. The summed E-state index contributed by atoms with van der Waals surface area (Å²) in [5.41, 5.74) is 3.96.